The number of anilines is 1. The summed E-state index contributed by atoms with van der Waals surface area (Å²) in [4.78, 5) is 25.3. The Kier molecular flexibility index (Phi) is 7.13. The van der Waals surface area contributed by atoms with Gasteiger partial charge in [0.2, 0.25) is 0 Å². The minimum absolute atomic E-state index is 0.0686. The van der Waals surface area contributed by atoms with Gasteiger partial charge in [0, 0.05) is 11.3 Å². The van der Waals surface area contributed by atoms with E-state index in [4.69, 9.17) is 15.2 Å². The van der Waals surface area contributed by atoms with Gasteiger partial charge in [0.25, 0.3) is 0 Å². The summed E-state index contributed by atoms with van der Waals surface area (Å²) >= 11 is 0. The lowest BCUT2D eigenvalue weighted by molar-refractivity contribution is -0.139. The molecule has 0 saturated carbocycles. The Bertz CT molecular complexity index is 1110. The predicted octanol–water partition coefficient (Wildman–Crippen LogP) is 4.74. The molecular formula is C26H26N2O5. The molecule has 0 aromatic heterocycles. The molecule has 0 fully saturated rings. The molecule has 170 valence electrons. The first-order valence-electron chi connectivity index (χ1n) is 10.4. The number of esters is 2. The van der Waals surface area contributed by atoms with Gasteiger partial charge in [-0.05, 0) is 50.1 Å². The fourth-order valence-electron chi connectivity index (χ4n) is 3.19. The summed E-state index contributed by atoms with van der Waals surface area (Å²) in [6.07, 6.45) is -0.723. The van der Waals surface area contributed by atoms with Crippen LogP contribution >= 0.6 is 0 Å². The van der Waals surface area contributed by atoms with E-state index in [1.165, 1.54) is 18.2 Å². The van der Waals surface area contributed by atoms with Crippen LogP contribution in [-0.2, 0) is 14.3 Å². The maximum atomic E-state index is 13.0. The number of nitrogens with two attached hydrogens (primary N) is 1. The molecule has 0 bridgehead atoms. The molecule has 0 unspecified atom stereocenters. The van der Waals surface area contributed by atoms with Crippen molar-refractivity contribution in [3.63, 3.8) is 0 Å². The van der Waals surface area contributed by atoms with Crippen LogP contribution in [0.4, 0.5) is 5.69 Å². The highest BCUT2D eigenvalue weighted by atomic mass is 16.6. The van der Waals surface area contributed by atoms with E-state index >= 15 is 0 Å². The van der Waals surface area contributed by atoms with Crippen LogP contribution in [0.5, 0.6) is 0 Å². The van der Waals surface area contributed by atoms with E-state index in [1.54, 1.807) is 20.8 Å². The van der Waals surface area contributed by atoms with Gasteiger partial charge in [-0.3, -0.25) is 0 Å². The molecule has 0 amide bonds. The SMILES string of the molecule is CC(C)(C)OC(=O)c1ccc(C(=NO)C(=O)OC(c2ccccc2)c2ccccc2)c(N)c1. The molecular weight excluding hydrogens is 420 g/mol. The molecule has 0 aliphatic rings. The molecule has 0 atom stereocenters. The van der Waals surface area contributed by atoms with Crippen LogP contribution in [0.1, 0.15) is 53.9 Å². The van der Waals surface area contributed by atoms with Gasteiger partial charge in [0.05, 0.1) is 5.56 Å². The zero-order valence-electron chi connectivity index (χ0n) is 18.7. The number of benzene rings is 3. The van der Waals surface area contributed by atoms with Gasteiger partial charge >= 0.3 is 11.9 Å². The Morgan fingerprint density at radius 3 is 1.91 bits per heavy atom. The number of hydrogen-bond donors (Lipinski definition) is 2. The summed E-state index contributed by atoms with van der Waals surface area (Å²) in [5, 5.41) is 12.7. The van der Waals surface area contributed by atoms with Crippen LogP contribution in [0.25, 0.3) is 0 Å². The number of ether oxygens (including phenoxy) is 2. The quantitative estimate of drug-likeness (QED) is 0.186. The van der Waals surface area contributed by atoms with Crippen LogP contribution in [0.2, 0.25) is 0 Å². The zero-order chi connectivity index (χ0) is 24.0. The van der Waals surface area contributed by atoms with Crippen molar-refractivity contribution in [3.8, 4) is 0 Å². The number of hydrogen-bond acceptors (Lipinski definition) is 7. The third kappa shape index (κ3) is 5.98. The first-order chi connectivity index (χ1) is 15.7. The van der Waals surface area contributed by atoms with E-state index in [0.717, 1.165) is 11.1 Å². The number of oxime groups is 1. The first kappa shape index (κ1) is 23.5. The van der Waals surface area contributed by atoms with E-state index in [0.29, 0.717) is 0 Å². The van der Waals surface area contributed by atoms with Gasteiger partial charge in [-0.2, -0.15) is 0 Å². The van der Waals surface area contributed by atoms with Crippen molar-refractivity contribution in [2.75, 3.05) is 5.73 Å². The summed E-state index contributed by atoms with van der Waals surface area (Å²) in [5.74, 6) is -1.43. The molecule has 0 aliphatic carbocycles. The summed E-state index contributed by atoms with van der Waals surface area (Å²) < 4.78 is 11.1. The van der Waals surface area contributed by atoms with Crippen molar-refractivity contribution in [2.45, 2.75) is 32.5 Å². The van der Waals surface area contributed by atoms with Crippen LogP contribution < -0.4 is 5.73 Å². The van der Waals surface area contributed by atoms with E-state index in [1.807, 2.05) is 60.7 Å². The van der Waals surface area contributed by atoms with Crippen molar-refractivity contribution in [3.05, 3.63) is 101 Å². The van der Waals surface area contributed by atoms with Crippen LogP contribution in [0, 0.1) is 0 Å². The Morgan fingerprint density at radius 1 is 0.909 bits per heavy atom. The van der Waals surface area contributed by atoms with E-state index < -0.39 is 23.6 Å². The highest BCUT2D eigenvalue weighted by Crippen LogP contribution is 2.27. The highest BCUT2D eigenvalue weighted by Gasteiger charge is 2.26. The molecule has 3 aromatic rings. The van der Waals surface area contributed by atoms with Gasteiger partial charge in [-0.25, -0.2) is 9.59 Å². The predicted molar refractivity (Wildman–Crippen MR) is 125 cm³/mol. The van der Waals surface area contributed by atoms with Crippen molar-refractivity contribution >= 4 is 23.3 Å². The number of carbonyl (C=O) groups is 2. The second-order valence-electron chi connectivity index (χ2n) is 8.36. The molecule has 3 N–H and O–H groups in total. The minimum atomic E-state index is -0.869. The van der Waals surface area contributed by atoms with Crippen molar-refractivity contribution in [1.82, 2.24) is 0 Å². The van der Waals surface area contributed by atoms with E-state index in [9.17, 15) is 14.8 Å². The molecule has 7 heteroatoms. The minimum Gasteiger partial charge on any atom is -0.456 e. The number of carbonyl (C=O) groups excluding carboxylic acids is 2. The van der Waals surface area contributed by atoms with Crippen LogP contribution in [0.3, 0.4) is 0 Å². The Hall–Kier alpha value is -4.13. The number of nitrogen functional groups attached to an aromatic ring is 1. The average Bonchev–Trinajstić information content (AvgIpc) is 2.79. The Labute approximate surface area is 192 Å². The van der Waals surface area contributed by atoms with Gasteiger partial charge in [-0.15, -0.1) is 0 Å². The molecule has 3 rings (SSSR count). The third-order valence-electron chi connectivity index (χ3n) is 4.66. The van der Waals surface area contributed by atoms with Gasteiger partial charge in [0.15, 0.2) is 11.8 Å². The lowest BCUT2D eigenvalue weighted by atomic mass is 10.0. The Balaban J connectivity index is 1.88. The second kappa shape index (κ2) is 9.99. The summed E-state index contributed by atoms with van der Waals surface area (Å²) in [5.41, 5.74) is 6.96. The summed E-state index contributed by atoms with van der Waals surface area (Å²) in [6.45, 7) is 5.27. The largest absolute Gasteiger partial charge is 0.456 e. The topological polar surface area (TPSA) is 111 Å². The van der Waals surface area contributed by atoms with E-state index in [2.05, 4.69) is 5.16 Å². The van der Waals surface area contributed by atoms with Crippen LogP contribution in [0.15, 0.2) is 84.0 Å². The number of rotatable bonds is 6. The molecule has 0 radical (unpaired) electrons. The fraction of sp³-hybridized carbons (Fsp3) is 0.192. The fourth-order valence-corrected chi connectivity index (χ4v) is 3.19. The van der Waals surface area contributed by atoms with Gasteiger partial charge in [-0.1, -0.05) is 65.8 Å². The third-order valence-corrected chi connectivity index (χ3v) is 4.66. The van der Waals surface area contributed by atoms with E-state index in [-0.39, 0.29) is 22.5 Å². The standard InChI is InChI=1S/C26H26N2O5/c1-26(2,3)33-24(29)19-14-15-20(21(27)16-19)22(28-31)25(30)32-23(17-10-6-4-7-11-17)18-12-8-5-9-13-18/h4-16,23,31H,27H2,1-3H3. The molecule has 0 heterocycles. The van der Waals surface area contributed by atoms with Crippen molar-refractivity contribution in [1.29, 1.82) is 0 Å². The molecule has 33 heavy (non-hydrogen) atoms. The summed E-state index contributed by atoms with van der Waals surface area (Å²) in [6, 6.07) is 22.7. The lowest BCUT2D eigenvalue weighted by Gasteiger charge is -2.20. The highest BCUT2D eigenvalue weighted by molar-refractivity contribution is 6.44. The van der Waals surface area contributed by atoms with Crippen LogP contribution in [-0.4, -0.2) is 28.5 Å². The van der Waals surface area contributed by atoms with Crippen molar-refractivity contribution in [2.24, 2.45) is 5.16 Å². The molecule has 0 spiro atoms. The second-order valence-corrected chi connectivity index (χ2v) is 8.36. The molecule has 7 nitrogen and oxygen atoms in total. The first-order valence-corrected chi connectivity index (χ1v) is 10.4. The smallest absolute Gasteiger partial charge is 0.362 e. The molecule has 0 saturated heterocycles. The lowest BCUT2D eigenvalue weighted by Crippen LogP contribution is -2.25. The molecule has 3 aromatic carbocycles. The average molecular weight is 447 g/mol. The maximum Gasteiger partial charge on any atom is 0.362 e. The monoisotopic (exact) mass is 446 g/mol. The molecule has 0 aliphatic heterocycles. The van der Waals surface area contributed by atoms with Crippen molar-refractivity contribution < 1.29 is 24.3 Å². The normalized spacial score (nSPS) is 11.8. The maximum absolute atomic E-state index is 13.0. The van der Waals surface area contributed by atoms with Gasteiger partial charge < -0.3 is 20.4 Å². The Morgan fingerprint density at radius 2 is 1.45 bits per heavy atom. The van der Waals surface area contributed by atoms with Gasteiger partial charge in [0.1, 0.15) is 5.60 Å². The summed E-state index contributed by atoms with van der Waals surface area (Å²) in [7, 11) is 0. The number of nitrogens with zero attached hydrogens (tertiary/aromatic N) is 1. The zero-order valence-corrected chi connectivity index (χ0v) is 18.7.